The minimum atomic E-state index is -0.759. The quantitative estimate of drug-likeness (QED) is 0.490. The Hall–Kier alpha value is -4.33. The zero-order chi connectivity index (χ0) is 25.8. The summed E-state index contributed by atoms with van der Waals surface area (Å²) in [6.45, 7) is 6.06. The van der Waals surface area contributed by atoms with Crippen LogP contribution in [0.4, 0.5) is 0 Å². The Morgan fingerprint density at radius 3 is 2.03 bits per heavy atom. The lowest BCUT2D eigenvalue weighted by Gasteiger charge is -2.29. The van der Waals surface area contributed by atoms with Gasteiger partial charge in [-0.15, -0.1) is 0 Å². The van der Waals surface area contributed by atoms with Crippen molar-refractivity contribution in [3.63, 3.8) is 0 Å². The third-order valence-electron chi connectivity index (χ3n) is 6.08. The Morgan fingerprint density at radius 2 is 1.50 bits per heavy atom. The average molecular weight is 488 g/mol. The second kappa shape index (κ2) is 10.5. The Morgan fingerprint density at radius 1 is 0.917 bits per heavy atom. The minimum absolute atomic E-state index is 0.322. The summed E-state index contributed by atoms with van der Waals surface area (Å²) >= 11 is 0. The molecule has 0 amide bonds. The molecule has 0 saturated heterocycles. The predicted octanol–water partition coefficient (Wildman–Crippen LogP) is 4.52. The van der Waals surface area contributed by atoms with Crippen molar-refractivity contribution in [2.24, 2.45) is 0 Å². The van der Waals surface area contributed by atoms with E-state index in [1.807, 2.05) is 67.7 Å². The van der Waals surface area contributed by atoms with E-state index >= 15 is 0 Å². The number of hydrogen-bond acceptors (Lipinski definition) is 7. The molecule has 0 saturated carbocycles. The molecule has 2 aromatic carbocycles. The maximum absolute atomic E-state index is 13.0. The largest absolute Gasteiger partial charge is 0.494 e. The molecular weight excluding hydrogens is 458 g/mol. The predicted molar refractivity (Wildman–Crippen MR) is 135 cm³/mol. The average Bonchev–Trinajstić information content (AvgIpc) is 3.34. The van der Waals surface area contributed by atoms with Gasteiger partial charge in [-0.3, -0.25) is 0 Å². The first-order valence-electron chi connectivity index (χ1n) is 11.6. The lowest BCUT2D eigenvalue weighted by atomic mass is 9.79. The fourth-order valence-corrected chi connectivity index (χ4v) is 4.48. The zero-order valence-electron chi connectivity index (χ0n) is 21.0. The van der Waals surface area contributed by atoms with Crippen LogP contribution in [-0.4, -0.2) is 42.5 Å². The van der Waals surface area contributed by atoms with Crippen LogP contribution in [0.25, 0.3) is 16.9 Å². The maximum atomic E-state index is 13.0. The number of dihydropyridines is 1. The van der Waals surface area contributed by atoms with Gasteiger partial charge in [-0.1, -0.05) is 18.2 Å². The van der Waals surface area contributed by atoms with Crippen LogP contribution in [0.3, 0.4) is 0 Å². The van der Waals surface area contributed by atoms with Gasteiger partial charge in [0.05, 0.1) is 49.3 Å². The summed E-state index contributed by atoms with van der Waals surface area (Å²) in [7, 11) is 2.65. The molecular formula is C28H29N3O5. The van der Waals surface area contributed by atoms with Gasteiger partial charge >= 0.3 is 11.9 Å². The topological polar surface area (TPSA) is 91.7 Å². The van der Waals surface area contributed by atoms with Crippen LogP contribution in [0.2, 0.25) is 0 Å². The fraction of sp³-hybridized carbons (Fsp3) is 0.250. The normalized spacial score (nSPS) is 13.9. The van der Waals surface area contributed by atoms with E-state index in [1.54, 1.807) is 18.5 Å². The highest BCUT2D eigenvalue weighted by Crippen LogP contribution is 2.43. The van der Waals surface area contributed by atoms with Crippen molar-refractivity contribution in [2.45, 2.75) is 26.7 Å². The molecule has 36 heavy (non-hydrogen) atoms. The molecule has 0 unspecified atom stereocenters. The first-order chi connectivity index (χ1) is 17.4. The van der Waals surface area contributed by atoms with Crippen LogP contribution in [0.1, 0.15) is 32.3 Å². The number of methoxy groups -OCH3 is 2. The van der Waals surface area contributed by atoms with Crippen molar-refractivity contribution >= 4 is 11.9 Å². The van der Waals surface area contributed by atoms with E-state index < -0.39 is 17.9 Å². The summed E-state index contributed by atoms with van der Waals surface area (Å²) in [6, 6.07) is 17.2. The molecule has 4 rings (SSSR count). The number of carbonyl (C=O) groups is 2. The number of para-hydroxylation sites is 1. The van der Waals surface area contributed by atoms with Gasteiger partial charge in [0.15, 0.2) is 0 Å². The van der Waals surface area contributed by atoms with Gasteiger partial charge < -0.3 is 19.5 Å². The molecule has 0 atom stereocenters. The van der Waals surface area contributed by atoms with E-state index in [9.17, 15) is 9.59 Å². The summed E-state index contributed by atoms with van der Waals surface area (Å²) < 4.78 is 17.6. The number of esters is 2. The Kier molecular flexibility index (Phi) is 7.24. The Balaban J connectivity index is 1.99. The molecule has 0 radical (unpaired) electrons. The number of allylic oxidation sites excluding steroid dienone is 2. The number of nitrogens with zero attached hydrogens (tertiary/aromatic N) is 2. The number of benzene rings is 2. The smallest absolute Gasteiger partial charge is 0.336 e. The van der Waals surface area contributed by atoms with E-state index in [4.69, 9.17) is 19.3 Å². The summed E-state index contributed by atoms with van der Waals surface area (Å²) in [5.41, 5.74) is 4.79. The van der Waals surface area contributed by atoms with Crippen molar-refractivity contribution in [1.29, 1.82) is 0 Å². The van der Waals surface area contributed by atoms with Gasteiger partial charge in [0.1, 0.15) is 5.75 Å². The van der Waals surface area contributed by atoms with Crippen molar-refractivity contribution in [1.82, 2.24) is 15.1 Å². The van der Waals surface area contributed by atoms with Gasteiger partial charge in [-0.25, -0.2) is 14.3 Å². The zero-order valence-corrected chi connectivity index (χ0v) is 21.0. The van der Waals surface area contributed by atoms with Crippen molar-refractivity contribution in [3.8, 4) is 22.7 Å². The van der Waals surface area contributed by atoms with E-state index in [0.29, 0.717) is 40.4 Å². The van der Waals surface area contributed by atoms with Gasteiger partial charge in [-0.2, -0.15) is 5.10 Å². The van der Waals surface area contributed by atoms with Crippen LogP contribution in [0.15, 0.2) is 83.3 Å². The van der Waals surface area contributed by atoms with E-state index in [0.717, 1.165) is 17.0 Å². The maximum Gasteiger partial charge on any atom is 0.336 e. The van der Waals surface area contributed by atoms with Crippen molar-refractivity contribution in [2.75, 3.05) is 20.8 Å². The highest BCUT2D eigenvalue weighted by atomic mass is 16.5. The van der Waals surface area contributed by atoms with Gasteiger partial charge in [0.25, 0.3) is 0 Å². The summed E-state index contributed by atoms with van der Waals surface area (Å²) in [6.07, 6.45) is 1.85. The highest BCUT2D eigenvalue weighted by molar-refractivity contribution is 6.00. The van der Waals surface area contributed by atoms with Crippen molar-refractivity contribution in [3.05, 3.63) is 88.9 Å². The molecule has 1 N–H and O–H groups in total. The highest BCUT2D eigenvalue weighted by Gasteiger charge is 2.40. The molecule has 0 aliphatic carbocycles. The standard InChI is InChI=1S/C28H29N3O5/c1-6-36-21-14-12-19(13-15-21)26-22(16-31(30-26)20-10-8-7-9-11-20)25-23(27(32)34-4)17(2)29-18(3)24(25)28(33)35-5/h7-16,25,29H,6H2,1-5H3. The third kappa shape index (κ3) is 4.62. The van der Waals surface area contributed by atoms with Crippen LogP contribution < -0.4 is 10.1 Å². The lowest BCUT2D eigenvalue weighted by Crippen LogP contribution is -2.32. The summed E-state index contributed by atoms with van der Waals surface area (Å²) in [5, 5.41) is 8.04. The number of carbonyl (C=O) groups excluding carboxylic acids is 2. The van der Waals surface area contributed by atoms with E-state index in [1.165, 1.54) is 14.2 Å². The van der Waals surface area contributed by atoms with Gasteiger partial charge in [0.2, 0.25) is 0 Å². The van der Waals surface area contributed by atoms with Gasteiger partial charge in [0, 0.05) is 28.7 Å². The molecule has 2 heterocycles. The minimum Gasteiger partial charge on any atom is -0.494 e. The Labute approximate surface area is 210 Å². The van der Waals surface area contributed by atoms with Crippen LogP contribution in [-0.2, 0) is 19.1 Å². The van der Waals surface area contributed by atoms with E-state index in [2.05, 4.69) is 5.32 Å². The molecule has 3 aromatic rings. The molecule has 8 heteroatoms. The number of hydrogen-bond donors (Lipinski definition) is 1. The number of ether oxygens (including phenoxy) is 3. The molecule has 1 aliphatic heterocycles. The molecule has 186 valence electrons. The first kappa shape index (κ1) is 24.8. The monoisotopic (exact) mass is 487 g/mol. The second-order valence-electron chi connectivity index (χ2n) is 8.29. The number of aromatic nitrogens is 2. The Bertz CT molecular complexity index is 1300. The fourth-order valence-electron chi connectivity index (χ4n) is 4.48. The summed E-state index contributed by atoms with van der Waals surface area (Å²) in [4.78, 5) is 26.1. The SMILES string of the molecule is CCOc1ccc(-c2nn(-c3ccccc3)cc2C2C(C(=O)OC)=C(C)NC(C)=C2C(=O)OC)cc1. The molecule has 0 fully saturated rings. The van der Waals surface area contributed by atoms with Gasteiger partial charge in [-0.05, 0) is 57.2 Å². The molecule has 8 nitrogen and oxygen atoms in total. The molecule has 1 aliphatic rings. The first-order valence-corrected chi connectivity index (χ1v) is 11.6. The third-order valence-corrected chi connectivity index (χ3v) is 6.08. The molecule has 1 aromatic heterocycles. The van der Waals surface area contributed by atoms with Crippen LogP contribution in [0.5, 0.6) is 5.75 Å². The van der Waals surface area contributed by atoms with Crippen molar-refractivity contribution < 1.29 is 23.8 Å². The van der Waals surface area contributed by atoms with Crippen LogP contribution >= 0.6 is 0 Å². The lowest BCUT2D eigenvalue weighted by molar-refractivity contribution is -0.137. The molecule has 0 spiro atoms. The number of nitrogens with one attached hydrogen (secondary N) is 1. The van der Waals surface area contributed by atoms with Crippen LogP contribution in [0, 0.1) is 0 Å². The van der Waals surface area contributed by atoms with E-state index in [-0.39, 0.29) is 0 Å². The number of rotatable bonds is 7. The second-order valence-corrected chi connectivity index (χ2v) is 8.29. The molecule has 0 bridgehead atoms. The summed E-state index contributed by atoms with van der Waals surface area (Å²) in [5.74, 6) is -1.10.